The van der Waals surface area contributed by atoms with Gasteiger partial charge in [0.2, 0.25) is 0 Å². The first-order chi connectivity index (χ1) is 8.20. The first-order valence-corrected chi connectivity index (χ1v) is 5.80. The van der Waals surface area contributed by atoms with Crippen LogP contribution in [0.1, 0.15) is 18.4 Å². The Kier molecular flexibility index (Phi) is 3.64. The van der Waals surface area contributed by atoms with E-state index in [2.05, 4.69) is 0 Å². The monoisotopic (exact) mass is 236 g/mol. The van der Waals surface area contributed by atoms with Gasteiger partial charge in [0.05, 0.1) is 0 Å². The maximum atomic E-state index is 11.0. The molecule has 4 nitrogen and oxygen atoms in total. The number of carboxylic acid groups (broad SMARTS) is 1. The molecule has 1 atom stereocenters. The second kappa shape index (κ2) is 5.19. The lowest BCUT2D eigenvalue weighted by Crippen LogP contribution is -2.29. The fraction of sp³-hybridized carbons (Fsp3) is 0.462. The van der Waals surface area contributed by atoms with Crippen LogP contribution in [0.3, 0.4) is 0 Å². The van der Waals surface area contributed by atoms with Crippen molar-refractivity contribution in [3.8, 4) is 5.75 Å². The molecule has 0 spiro atoms. The lowest BCUT2D eigenvalue weighted by Gasteiger charge is -2.14. The molecule has 17 heavy (non-hydrogen) atoms. The fourth-order valence-electron chi connectivity index (χ4n) is 1.76. The maximum Gasteiger partial charge on any atom is 0.345 e. The Morgan fingerprint density at radius 1 is 1.35 bits per heavy atom. The summed E-state index contributed by atoms with van der Waals surface area (Å²) in [4.78, 5) is 11.0. The van der Waals surface area contributed by atoms with E-state index in [1.54, 1.807) is 12.1 Å². The molecule has 1 fully saturated rings. The Hall–Kier alpha value is -1.55. The SMILES string of the molecule is O=C(O)C(Oc1ccc(CCO)cc1)C1CC1. The molecule has 1 aliphatic rings. The molecule has 0 bridgehead atoms. The average Bonchev–Trinajstić information content (AvgIpc) is 3.12. The van der Waals surface area contributed by atoms with Crippen molar-refractivity contribution in [3.05, 3.63) is 29.8 Å². The van der Waals surface area contributed by atoms with Crippen molar-refractivity contribution in [2.45, 2.75) is 25.4 Å². The molecule has 1 saturated carbocycles. The van der Waals surface area contributed by atoms with Gasteiger partial charge >= 0.3 is 5.97 Å². The van der Waals surface area contributed by atoms with Crippen LogP contribution in [0, 0.1) is 5.92 Å². The smallest absolute Gasteiger partial charge is 0.345 e. The number of aliphatic hydroxyl groups excluding tert-OH is 1. The molecular weight excluding hydrogens is 220 g/mol. The lowest BCUT2D eigenvalue weighted by molar-refractivity contribution is -0.146. The molecule has 92 valence electrons. The Bertz CT molecular complexity index is 381. The number of aliphatic carboxylic acids is 1. The number of ether oxygens (including phenoxy) is 1. The Morgan fingerprint density at radius 3 is 2.47 bits per heavy atom. The minimum atomic E-state index is -0.896. The zero-order chi connectivity index (χ0) is 12.3. The number of carbonyl (C=O) groups is 1. The molecule has 2 N–H and O–H groups in total. The molecule has 1 aliphatic carbocycles. The third-order valence-corrected chi connectivity index (χ3v) is 2.88. The van der Waals surface area contributed by atoms with E-state index < -0.39 is 12.1 Å². The van der Waals surface area contributed by atoms with Gasteiger partial charge in [-0.2, -0.15) is 0 Å². The first-order valence-electron chi connectivity index (χ1n) is 5.80. The van der Waals surface area contributed by atoms with Gasteiger partial charge < -0.3 is 14.9 Å². The molecule has 0 aromatic heterocycles. The summed E-state index contributed by atoms with van der Waals surface area (Å²) in [6.07, 6.45) is 1.74. The second-order valence-electron chi connectivity index (χ2n) is 4.33. The molecular formula is C13H16O4. The van der Waals surface area contributed by atoms with Crippen LogP contribution >= 0.6 is 0 Å². The summed E-state index contributed by atoms with van der Waals surface area (Å²) in [5, 5.41) is 17.8. The third-order valence-electron chi connectivity index (χ3n) is 2.88. The van der Waals surface area contributed by atoms with Crippen LogP contribution in [-0.4, -0.2) is 28.9 Å². The minimum absolute atomic E-state index is 0.111. The minimum Gasteiger partial charge on any atom is -0.478 e. The fourth-order valence-corrected chi connectivity index (χ4v) is 1.76. The predicted octanol–water partition coefficient (Wildman–Crippen LogP) is 1.46. The highest BCUT2D eigenvalue weighted by Gasteiger charge is 2.38. The van der Waals surface area contributed by atoms with Crippen molar-refractivity contribution in [1.82, 2.24) is 0 Å². The van der Waals surface area contributed by atoms with Gasteiger partial charge in [-0.15, -0.1) is 0 Å². The van der Waals surface area contributed by atoms with Crippen LogP contribution < -0.4 is 4.74 Å². The number of aliphatic hydroxyl groups is 1. The average molecular weight is 236 g/mol. The first kappa shape index (κ1) is 11.9. The number of rotatable bonds is 6. The van der Waals surface area contributed by atoms with E-state index in [4.69, 9.17) is 14.9 Å². The molecule has 1 aromatic carbocycles. The maximum absolute atomic E-state index is 11.0. The number of hydrogen-bond donors (Lipinski definition) is 2. The van der Waals surface area contributed by atoms with Gasteiger partial charge in [-0.1, -0.05) is 12.1 Å². The van der Waals surface area contributed by atoms with Crippen LogP contribution in [0.5, 0.6) is 5.75 Å². The van der Waals surface area contributed by atoms with E-state index in [0.29, 0.717) is 12.2 Å². The molecule has 4 heteroatoms. The van der Waals surface area contributed by atoms with Crippen LogP contribution in [0.2, 0.25) is 0 Å². The third kappa shape index (κ3) is 3.20. The highest BCUT2D eigenvalue weighted by Crippen LogP contribution is 2.35. The zero-order valence-corrected chi connectivity index (χ0v) is 9.50. The Morgan fingerprint density at radius 2 is 2.00 bits per heavy atom. The van der Waals surface area contributed by atoms with Crippen molar-refractivity contribution < 1.29 is 19.7 Å². The van der Waals surface area contributed by atoms with Crippen LogP contribution in [0.15, 0.2) is 24.3 Å². The number of carboxylic acids is 1. The molecule has 0 aliphatic heterocycles. The van der Waals surface area contributed by atoms with E-state index in [1.807, 2.05) is 12.1 Å². The van der Waals surface area contributed by atoms with Crippen LogP contribution in [0.4, 0.5) is 0 Å². The van der Waals surface area contributed by atoms with Gasteiger partial charge in [-0.3, -0.25) is 0 Å². The van der Waals surface area contributed by atoms with E-state index in [1.165, 1.54) is 0 Å². The molecule has 2 rings (SSSR count). The van der Waals surface area contributed by atoms with E-state index in [0.717, 1.165) is 18.4 Å². The van der Waals surface area contributed by atoms with Gasteiger partial charge in [-0.05, 0) is 37.0 Å². The standard InChI is InChI=1S/C13H16O4/c14-8-7-9-1-5-11(6-2-9)17-12(13(15)16)10-3-4-10/h1-2,5-6,10,12,14H,3-4,7-8H2,(H,15,16). The van der Waals surface area contributed by atoms with Gasteiger partial charge in [0.25, 0.3) is 0 Å². The topological polar surface area (TPSA) is 66.8 Å². The summed E-state index contributed by atoms with van der Waals surface area (Å²) in [7, 11) is 0. The summed E-state index contributed by atoms with van der Waals surface area (Å²) < 4.78 is 5.47. The zero-order valence-electron chi connectivity index (χ0n) is 9.50. The Balaban J connectivity index is 1.99. The summed E-state index contributed by atoms with van der Waals surface area (Å²) in [5.74, 6) is -0.164. The van der Waals surface area contributed by atoms with Gasteiger partial charge in [0.1, 0.15) is 5.75 Å². The number of hydrogen-bond acceptors (Lipinski definition) is 3. The highest BCUT2D eigenvalue weighted by molar-refractivity contribution is 5.73. The molecule has 0 heterocycles. The normalized spacial score (nSPS) is 16.5. The van der Waals surface area contributed by atoms with Crippen LogP contribution in [-0.2, 0) is 11.2 Å². The van der Waals surface area contributed by atoms with Crippen molar-refractivity contribution in [1.29, 1.82) is 0 Å². The molecule has 1 aromatic rings. The summed E-state index contributed by atoms with van der Waals surface area (Å²) in [6, 6.07) is 7.20. The molecule has 0 amide bonds. The van der Waals surface area contributed by atoms with E-state index >= 15 is 0 Å². The van der Waals surface area contributed by atoms with E-state index in [-0.39, 0.29) is 12.5 Å². The quantitative estimate of drug-likeness (QED) is 0.784. The molecule has 1 unspecified atom stereocenters. The summed E-state index contributed by atoms with van der Waals surface area (Å²) in [6.45, 7) is 0.111. The summed E-state index contributed by atoms with van der Waals surface area (Å²) in [5.41, 5.74) is 1.01. The largest absolute Gasteiger partial charge is 0.478 e. The second-order valence-corrected chi connectivity index (χ2v) is 4.33. The van der Waals surface area contributed by atoms with Crippen molar-refractivity contribution >= 4 is 5.97 Å². The van der Waals surface area contributed by atoms with E-state index in [9.17, 15) is 4.79 Å². The molecule has 0 saturated heterocycles. The number of benzene rings is 1. The van der Waals surface area contributed by atoms with Crippen molar-refractivity contribution in [2.24, 2.45) is 5.92 Å². The van der Waals surface area contributed by atoms with Crippen molar-refractivity contribution in [2.75, 3.05) is 6.61 Å². The van der Waals surface area contributed by atoms with Gasteiger partial charge in [-0.25, -0.2) is 4.79 Å². The van der Waals surface area contributed by atoms with Crippen LogP contribution in [0.25, 0.3) is 0 Å². The van der Waals surface area contributed by atoms with Gasteiger partial charge in [0.15, 0.2) is 6.10 Å². The molecule has 0 radical (unpaired) electrons. The summed E-state index contributed by atoms with van der Waals surface area (Å²) >= 11 is 0. The van der Waals surface area contributed by atoms with Crippen molar-refractivity contribution in [3.63, 3.8) is 0 Å². The highest BCUT2D eigenvalue weighted by atomic mass is 16.5. The predicted molar refractivity (Wildman–Crippen MR) is 62.0 cm³/mol. The van der Waals surface area contributed by atoms with Gasteiger partial charge in [0, 0.05) is 12.5 Å². The Labute approximate surface area is 99.8 Å². The lowest BCUT2D eigenvalue weighted by atomic mass is 10.1.